The summed E-state index contributed by atoms with van der Waals surface area (Å²) in [5.74, 6) is 0.0348. The molecule has 0 radical (unpaired) electrons. The highest BCUT2D eigenvalue weighted by Gasteiger charge is 2.49. The Morgan fingerprint density at radius 1 is 1.41 bits per heavy atom. The van der Waals surface area contributed by atoms with Crippen molar-refractivity contribution >= 4 is 17.2 Å². The van der Waals surface area contributed by atoms with E-state index in [1.54, 1.807) is 11.3 Å². The zero-order valence-corrected chi connectivity index (χ0v) is 17.1. The smallest absolute Gasteiger partial charge is 0.253 e. The normalized spacial score (nSPS) is 22.2. The van der Waals surface area contributed by atoms with Gasteiger partial charge in [0.1, 0.15) is 0 Å². The fourth-order valence-corrected chi connectivity index (χ4v) is 4.25. The number of piperidine rings is 1. The quantitative estimate of drug-likeness (QED) is 0.872. The largest absolute Gasteiger partial charge is 0.387 e. The van der Waals surface area contributed by atoms with Crippen molar-refractivity contribution in [2.24, 2.45) is 11.3 Å². The number of aliphatic hydroxyl groups is 1. The Balaban J connectivity index is 1.80. The van der Waals surface area contributed by atoms with Crippen LogP contribution in [0.3, 0.4) is 0 Å². The van der Waals surface area contributed by atoms with Crippen molar-refractivity contribution in [3.63, 3.8) is 0 Å². The number of thiophene rings is 1. The summed E-state index contributed by atoms with van der Waals surface area (Å²) in [4.78, 5) is 31.1. The summed E-state index contributed by atoms with van der Waals surface area (Å²) < 4.78 is 1.47. The Hall–Kier alpha value is -1.99. The number of aromatic nitrogens is 2. The number of nitrogens with zero attached hydrogens (tertiary/aromatic N) is 3. The second-order valence-electron chi connectivity index (χ2n) is 8.33. The summed E-state index contributed by atoms with van der Waals surface area (Å²) in [6.45, 7) is 8.80. The summed E-state index contributed by atoms with van der Waals surface area (Å²) >= 11 is 1.56. The zero-order valence-electron chi connectivity index (χ0n) is 16.3. The highest BCUT2D eigenvalue weighted by atomic mass is 32.1. The molecule has 1 fully saturated rings. The lowest BCUT2D eigenvalue weighted by Crippen LogP contribution is -2.61. The first-order valence-corrected chi connectivity index (χ1v) is 10.2. The lowest BCUT2D eigenvalue weighted by Gasteiger charge is -2.50. The van der Waals surface area contributed by atoms with Gasteiger partial charge in [0.15, 0.2) is 0 Å². The van der Waals surface area contributed by atoms with Crippen LogP contribution in [0.15, 0.2) is 34.0 Å². The van der Waals surface area contributed by atoms with Gasteiger partial charge in [0.25, 0.3) is 5.56 Å². The fraction of sp³-hybridized carbons (Fsp3) is 0.550. The maximum absolute atomic E-state index is 12.6. The van der Waals surface area contributed by atoms with Crippen molar-refractivity contribution in [1.82, 2.24) is 14.5 Å². The average Bonchev–Trinajstić information content (AvgIpc) is 3.13. The third kappa shape index (κ3) is 3.84. The van der Waals surface area contributed by atoms with Gasteiger partial charge in [-0.25, -0.2) is 4.98 Å². The lowest BCUT2D eigenvalue weighted by molar-refractivity contribution is -0.156. The predicted octanol–water partition coefficient (Wildman–Crippen LogP) is 2.62. The molecule has 1 aliphatic rings. The number of rotatable bonds is 4. The number of hydrogen-bond donors (Lipinski definition) is 1. The molecule has 0 bridgehead atoms. The molecule has 0 saturated carbocycles. The van der Waals surface area contributed by atoms with Crippen molar-refractivity contribution in [2.75, 3.05) is 13.1 Å². The van der Waals surface area contributed by atoms with Gasteiger partial charge in [0, 0.05) is 41.4 Å². The van der Waals surface area contributed by atoms with Crippen LogP contribution in [0.4, 0.5) is 0 Å². The van der Waals surface area contributed by atoms with Gasteiger partial charge in [-0.2, -0.15) is 11.3 Å². The van der Waals surface area contributed by atoms with Crippen LogP contribution in [0, 0.1) is 11.3 Å². The number of carbonyl (C=O) groups excluding carboxylic acids is 1. The molecule has 7 heteroatoms. The van der Waals surface area contributed by atoms with E-state index in [9.17, 15) is 14.7 Å². The Morgan fingerprint density at radius 3 is 2.70 bits per heavy atom. The number of carbonyl (C=O) groups is 1. The van der Waals surface area contributed by atoms with Gasteiger partial charge in [0.2, 0.25) is 5.91 Å². The first-order chi connectivity index (χ1) is 12.6. The molecule has 1 amide bonds. The highest BCUT2D eigenvalue weighted by Crippen LogP contribution is 2.40. The molecule has 1 aliphatic heterocycles. The first kappa shape index (κ1) is 19.8. The highest BCUT2D eigenvalue weighted by molar-refractivity contribution is 7.08. The van der Waals surface area contributed by atoms with Gasteiger partial charge in [-0.3, -0.25) is 14.2 Å². The molecule has 6 nitrogen and oxygen atoms in total. The van der Waals surface area contributed by atoms with Crippen LogP contribution >= 0.6 is 11.3 Å². The zero-order chi connectivity index (χ0) is 19.8. The monoisotopic (exact) mass is 389 g/mol. The van der Waals surface area contributed by atoms with Crippen molar-refractivity contribution in [3.8, 4) is 11.3 Å². The number of amides is 1. The van der Waals surface area contributed by atoms with Crippen LogP contribution in [0.25, 0.3) is 11.3 Å². The standard InChI is InChI=1S/C20H27N3O3S/c1-14(2)18(25)22-7-6-20(26,19(3,4)11-22)12-23-13-21-16(9-17(23)24)15-5-8-27-10-15/h5,8-10,13-14,26H,6-7,11-12H2,1-4H3. The van der Waals surface area contributed by atoms with Crippen molar-refractivity contribution in [1.29, 1.82) is 0 Å². The molecule has 1 saturated heterocycles. The molecule has 0 aromatic carbocycles. The van der Waals surface area contributed by atoms with Crippen LogP contribution in [0.1, 0.15) is 34.1 Å². The Kier molecular flexibility index (Phi) is 5.27. The van der Waals surface area contributed by atoms with Crippen LogP contribution in [0.2, 0.25) is 0 Å². The molecular weight excluding hydrogens is 362 g/mol. The minimum atomic E-state index is -1.09. The summed E-state index contributed by atoms with van der Waals surface area (Å²) in [5, 5.41) is 15.2. The van der Waals surface area contributed by atoms with E-state index >= 15 is 0 Å². The van der Waals surface area contributed by atoms with E-state index in [0.717, 1.165) is 5.56 Å². The van der Waals surface area contributed by atoms with E-state index < -0.39 is 11.0 Å². The Bertz CT molecular complexity index is 873. The van der Waals surface area contributed by atoms with Crippen molar-refractivity contribution in [2.45, 2.75) is 46.3 Å². The third-order valence-electron chi connectivity index (χ3n) is 5.58. The molecular formula is C20H27N3O3S. The van der Waals surface area contributed by atoms with Crippen molar-refractivity contribution < 1.29 is 9.90 Å². The Labute approximate surface area is 163 Å². The molecule has 3 rings (SSSR count). The molecule has 2 aromatic rings. The molecule has 1 N–H and O–H groups in total. The van der Waals surface area contributed by atoms with Crippen LogP contribution in [-0.4, -0.2) is 44.2 Å². The number of hydrogen-bond acceptors (Lipinski definition) is 5. The summed E-state index contributed by atoms with van der Waals surface area (Å²) in [6, 6.07) is 3.44. The van der Waals surface area contributed by atoms with Crippen LogP contribution in [0.5, 0.6) is 0 Å². The van der Waals surface area contributed by atoms with Gasteiger partial charge < -0.3 is 10.0 Å². The molecule has 27 heavy (non-hydrogen) atoms. The van der Waals surface area contributed by atoms with Crippen LogP contribution < -0.4 is 5.56 Å². The van der Waals surface area contributed by atoms with E-state index in [4.69, 9.17) is 0 Å². The van der Waals surface area contributed by atoms with Gasteiger partial charge in [-0.15, -0.1) is 0 Å². The summed E-state index contributed by atoms with van der Waals surface area (Å²) in [7, 11) is 0. The average molecular weight is 390 g/mol. The van der Waals surface area contributed by atoms with Gasteiger partial charge in [-0.05, 0) is 17.9 Å². The van der Waals surface area contributed by atoms with E-state index in [1.165, 1.54) is 17.0 Å². The van der Waals surface area contributed by atoms with Crippen molar-refractivity contribution in [3.05, 3.63) is 39.6 Å². The molecule has 0 aliphatic carbocycles. The topological polar surface area (TPSA) is 75.4 Å². The maximum Gasteiger partial charge on any atom is 0.253 e. The van der Waals surface area contributed by atoms with E-state index in [0.29, 0.717) is 25.2 Å². The Morgan fingerprint density at radius 2 is 2.15 bits per heavy atom. The third-order valence-corrected chi connectivity index (χ3v) is 6.26. The minimum Gasteiger partial charge on any atom is -0.387 e. The minimum absolute atomic E-state index is 0.0662. The van der Waals surface area contributed by atoms with E-state index in [2.05, 4.69) is 4.98 Å². The molecule has 146 valence electrons. The molecule has 2 aromatic heterocycles. The maximum atomic E-state index is 12.6. The van der Waals surface area contributed by atoms with Crippen LogP contribution in [-0.2, 0) is 11.3 Å². The second-order valence-corrected chi connectivity index (χ2v) is 9.11. The summed E-state index contributed by atoms with van der Waals surface area (Å²) in [5.41, 5.74) is -0.252. The predicted molar refractivity (Wildman–Crippen MR) is 107 cm³/mol. The molecule has 1 atom stereocenters. The fourth-order valence-electron chi connectivity index (χ4n) is 3.60. The SMILES string of the molecule is CC(C)C(=O)N1CCC(O)(Cn2cnc(-c3ccsc3)cc2=O)C(C)(C)C1. The molecule has 1 unspecified atom stereocenters. The van der Waals surface area contributed by atoms with Gasteiger partial charge in [-0.1, -0.05) is 27.7 Å². The molecule has 3 heterocycles. The van der Waals surface area contributed by atoms with Gasteiger partial charge in [0.05, 0.1) is 24.2 Å². The second kappa shape index (κ2) is 7.20. The molecule has 0 spiro atoms. The first-order valence-electron chi connectivity index (χ1n) is 9.23. The van der Waals surface area contributed by atoms with E-state index in [1.807, 2.05) is 49.4 Å². The lowest BCUT2D eigenvalue weighted by atomic mass is 9.69. The van der Waals surface area contributed by atoms with Gasteiger partial charge >= 0.3 is 0 Å². The summed E-state index contributed by atoms with van der Waals surface area (Å²) in [6.07, 6.45) is 1.94. The number of likely N-dealkylation sites (tertiary alicyclic amines) is 1. The van der Waals surface area contributed by atoms with E-state index in [-0.39, 0.29) is 23.9 Å².